The topological polar surface area (TPSA) is 98.7 Å². The van der Waals surface area contributed by atoms with E-state index in [2.05, 4.69) is 20.8 Å². The predicted octanol–water partition coefficient (Wildman–Crippen LogP) is -0.0641. The minimum atomic E-state index is -0.529. The maximum atomic E-state index is 11.7. The molecule has 0 saturated heterocycles. The summed E-state index contributed by atoms with van der Waals surface area (Å²) in [6.07, 6.45) is 3.85. The van der Waals surface area contributed by atoms with Crippen molar-refractivity contribution in [1.29, 1.82) is 0 Å². The van der Waals surface area contributed by atoms with Gasteiger partial charge in [-0.1, -0.05) is 18.2 Å². The standard InChI is InChI=1S/C11H20N6OS/c1-13-11(9(12)18)6-3-4-8(11)5-7-19-10-14-15-16-17(10)2/h8,13H,3-7H2,1-2H3,(H2,12,18). The maximum absolute atomic E-state index is 11.7. The van der Waals surface area contributed by atoms with Crippen LogP contribution in [0.2, 0.25) is 0 Å². The Bertz CT molecular complexity index is 450. The van der Waals surface area contributed by atoms with Crippen LogP contribution in [0, 0.1) is 5.92 Å². The van der Waals surface area contributed by atoms with E-state index in [-0.39, 0.29) is 5.91 Å². The lowest BCUT2D eigenvalue weighted by atomic mass is 9.84. The number of hydrogen-bond donors (Lipinski definition) is 2. The molecule has 1 aromatic rings. The second-order valence-electron chi connectivity index (χ2n) is 4.90. The van der Waals surface area contributed by atoms with E-state index in [1.807, 2.05) is 14.1 Å². The van der Waals surface area contributed by atoms with Crippen molar-refractivity contribution in [2.45, 2.75) is 36.4 Å². The number of hydrogen-bond acceptors (Lipinski definition) is 6. The fourth-order valence-electron chi connectivity index (χ4n) is 2.88. The molecule has 2 rings (SSSR count). The first-order chi connectivity index (χ1) is 9.10. The number of rotatable bonds is 6. The van der Waals surface area contributed by atoms with Crippen molar-refractivity contribution in [3.05, 3.63) is 0 Å². The van der Waals surface area contributed by atoms with Gasteiger partial charge in [0.2, 0.25) is 11.1 Å². The molecule has 7 nitrogen and oxygen atoms in total. The van der Waals surface area contributed by atoms with Gasteiger partial charge < -0.3 is 11.1 Å². The third-order valence-electron chi connectivity index (χ3n) is 3.99. The molecular weight excluding hydrogens is 264 g/mol. The van der Waals surface area contributed by atoms with E-state index in [9.17, 15) is 4.79 Å². The molecule has 0 radical (unpaired) electrons. The number of tetrazole rings is 1. The molecule has 1 aromatic heterocycles. The lowest BCUT2D eigenvalue weighted by Gasteiger charge is -2.32. The van der Waals surface area contributed by atoms with Gasteiger partial charge >= 0.3 is 0 Å². The SMILES string of the molecule is CNC1(C(N)=O)CCCC1CCSc1nnnn1C. The van der Waals surface area contributed by atoms with E-state index < -0.39 is 5.54 Å². The predicted molar refractivity (Wildman–Crippen MR) is 72.5 cm³/mol. The van der Waals surface area contributed by atoms with Crippen molar-refractivity contribution >= 4 is 17.7 Å². The van der Waals surface area contributed by atoms with E-state index in [1.54, 1.807) is 16.4 Å². The molecule has 0 spiro atoms. The van der Waals surface area contributed by atoms with Gasteiger partial charge in [0.25, 0.3) is 0 Å². The molecule has 1 fully saturated rings. The van der Waals surface area contributed by atoms with Crippen LogP contribution >= 0.6 is 11.8 Å². The van der Waals surface area contributed by atoms with Crippen molar-refractivity contribution in [1.82, 2.24) is 25.5 Å². The van der Waals surface area contributed by atoms with Gasteiger partial charge in [0, 0.05) is 12.8 Å². The molecule has 8 heteroatoms. The summed E-state index contributed by atoms with van der Waals surface area (Å²) in [6.45, 7) is 0. The second-order valence-corrected chi connectivity index (χ2v) is 5.96. The van der Waals surface area contributed by atoms with Crippen molar-refractivity contribution in [2.75, 3.05) is 12.8 Å². The van der Waals surface area contributed by atoms with Crippen LogP contribution in [0.25, 0.3) is 0 Å². The summed E-state index contributed by atoms with van der Waals surface area (Å²) < 4.78 is 1.65. The Balaban J connectivity index is 1.92. The van der Waals surface area contributed by atoms with Gasteiger partial charge in [0.15, 0.2) is 0 Å². The number of primary amides is 1. The highest BCUT2D eigenvalue weighted by Crippen LogP contribution is 2.38. The number of aromatic nitrogens is 4. The molecular formula is C11H20N6OS. The zero-order chi connectivity index (χ0) is 13.9. The fraction of sp³-hybridized carbons (Fsp3) is 0.818. The molecule has 1 amide bonds. The molecule has 3 N–H and O–H groups in total. The first-order valence-electron chi connectivity index (χ1n) is 6.44. The Hall–Kier alpha value is -1.15. The average molecular weight is 284 g/mol. The molecule has 2 atom stereocenters. The van der Waals surface area contributed by atoms with Gasteiger partial charge in [-0.3, -0.25) is 4.79 Å². The van der Waals surface area contributed by atoms with E-state index in [1.165, 1.54) is 0 Å². The van der Waals surface area contributed by atoms with E-state index >= 15 is 0 Å². The largest absolute Gasteiger partial charge is 0.368 e. The monoisotopic (exact) mass is 284 g/mol. The van der Waals surface area contributed by atoms with Crippen molar-refractivity contribution < 1.29 is 4.79 Å². The van der Waals surface area contributed by atoms with Gasteiger partial charge in [-0.25, -0.2) is 4.68 Å². The Labute approximate surface area is 116 Å². The number of amides is 1. The summed E-state index contributed by atoms with van der Waals surface area (Å²) >= 11 is 1.61. The molecule has 1 aliphatic carbocycles. The molecule has 0 aliphatic heterocycles. The Kier molecular flexibility index (Phi) is 4.41. The number of thioether (sulfide) groups is 1. The highest BCUT2D eigenvalue weighted by atomic mass is 32.2. The van der Waals surface area contributed by atoms with Gasteiger partial charge in [0.1, 0.15) is 5.54 Å². The smallest absolute Gasteiger partial charge is 0.238 e. The Morgan fingerprint density at radius 1 is 1.68 bits per heavy atom. The van der Waals surface area contributed by atoms with E-state index in [0.717, 1.165) is 36.6 Å². The normalized spacial score (nSPS) is 26.7. The number of carbonyl (C=O) groups excluding carboxylic acids is 1. The van der Waals surface area contributed by atoms with Crippen LogP contribution in [0.3, 0.4) is 0 Å². The molecule has 0 aromatic carbocycles. The third kappa shape index (κ3) is 2.74. The first-order valence-corrected chi connectivity index (χ1v) is 7.42. The molecule has 1 aliphatic rings. The molecule has 0 bridgehead atoms. The number of nitrogens with one attached hydrogen (secondary N) is 1. The summed E-state index contributed by atoms with van der Waals surface area (Å²) in [6, 6.07) is 0. The number of carbonyl (C=O) groups is 1. The second kappa shape index (κ2) is 5.87. The van der Waals surface area contributed by atoms with Crippen LogP contribution in [-0.2, 0) is 11.8 Å². The fourth-order valence-corrected chi connectivity index (χ4v) is 3.78. The van der Waals surface area contributed by atoms with Gasteiger partial charge in [-0.15, -0.1) is 5.10 Å². The summed E-state index contributed by atoms with van der Waals surface area (Å²) in [5.74, 6) is 0.946. The summed E-state index contributed by atoms with van der Waals surface area (Å²) in [4.78, 5) is 11.7. The molecule has 1 saturated carbocycles. The minimum absolute atomic E-state index is 0.233. The molecule has 106 valence electrons. The van der Waals surface area contributed by atoms with Crippen LogP contribution in [0.5, 0.6) is 0 Å². The van der Waals surface area contributed by atoms with Crippen LogP contribution in [0.4, 0.5) is 0 Å². The third-order valence-corrected chi connectivity index (χ3v) is 5.03. The maximum Gasteiger partial charge on any atom is 0.238 e. The van der Waals surface area contributed by atoms with Crippen LogP contribution in [-0.4, -0.2) is 44.5 Å². The van der Waals surface area contributed by atoms with Gasteiger partial charge in [0.05, 0.1) is 0 Å². The van der Waals surface area contributed by atoms with Crippen molar-refractivity contribution in [3.8, 4) is 0 Å². The van der Waals surface area contributed by atoms with Gasteiger partial charge in [-0.05, 0) is 42.7 Å². The minimum Gasteiger partial charge on any atom is -0.368 e. The van der Waals surface area contributed by atoms with E-state index in [0.29, 0.717) is 5.92 Å². The zero-order valence-electron chi connectivity index (χ0n) is 11.3. The summed E-state index contributed by atoms with van der Waals surface area (Å²) in [5.41, 5.74) is 5.05. The summed E-state index contributed by atoms with van der Waals surface area (Å²) in [7, 11) is 3.64. The number of nitrogens with zero attached hydrogens (tertiary/aromatic N) is 4. The first kappa shape index (κ1) is 14.3. The van der Waals surface area contributed by atoms with Crippen LogP contribution in [0.1, 0.15) is 25.7 Å². The highest BCUT2D eigenvalue weighted by molar-refractivity contribution is 7.99. The van der Waals surface area contributed by atoms with Crippen LogP contribution < -0.4 is 11.1 Å². The lowest BCUT2D eigenvalue weighted by Crippen LogP contribution is -2.56. The van der Waals surface area contributed by atoms with Crippen LogP contribution in [0.15, 0.2) is 5.16 Å². The van der Waals surface area contributed by atoms with Gasteiger partial charge in [-0.2, -0.15) is 0 Å². The number of nitrogens with two attached hydrogens (primary N) is 1. The molecule has 2 unspecified atom stereocenters. The molecule has 1 heterocycles. The highest BCUT2D eigenvalue weighted by Gasteiger charge is 2.46. The van der Waals surface area contributed by atoms with Crippen molar-refractivity contribution in [3.63, 3.8) is 0 Å². The Morgan fingerprint density at radius 3 is 3.05 bits per heavy atom. The quantitative estimate of drug-likeness (QED) is 0.710. The number of aryl methyl sites for hydroxylation is 1. The van der Waals surface area contributed by atoms with E-state index in [4.69, 9.17) is 5.73 Å². The Morgan fingerprint density at radius 2 is 2.47 bits per heavy atom. The number of likely N-dealkylation sites (N-methyl/N-ethyl adjacent to an activating group) is 1. The van der Waals surface area contributed by atoms with Crippen molar-refractivity contribution in [2.24, 2.45) is 18.7 Å². The average Bonchev–Trinajstić information content (AvgIpc) is 2.97. The zero-order valence-corrected chi connectivity index (χ0v) is 12.1. The summed E-state index contributed by atoms with van der Waals surface area (Å²) in [5, 5.41) is 15.3. The molecule has 19 heavy (non-hydrogen) atoms. The lowest BCUT2D eigenvalue weighted by molar-refractivity contribution is -0.125.